The van der Waals surface area contributed by atoms with E-state index < -0.39 is 22.4 Å². The Bertz CT molecular complexity index is 2800. The topological polar surface area (TPSA) is 63.2 Å². The summed E-state index contributed by atoms with van der Waals surface area (Å²) >= 11 is 0. The molecule has 2 aromatic rings. The van der Waals surface area contributed by atoms with Gasteiger partial charge in [0, 0.05) is 39.8 Å². The number of ketones is 1. The van der Waals surface area contributed by atoms with E-state index in [0.717, 1.165) is 162 Å². The van der Waals surface area contributed by atoms with Crippen LogP contribution in [0.3, 0.4) is 0 Å². The van der Waals surface area contributed by atoms with Gasteiger partial charge in [0.05, 0.1) is 11.0 Å². The van der Waals surface area contributed by atoms with Crippen LogP contribution in [0.5, 0.6) is 23.0 Å². The maximum Gasteiger partial charge on any atom is 0.244 e. The number of benzene rings is 2. The Morgan fingerprint density at radius 1 is 0.348 bits per heavy atom. The van der Waals surface area contributed by atoms with Gasteiger partial charge in [-0.05, 0) is 215 Å². The smallest absolute Gasteiger partial charge is 0.244 e. The maximum atomic E-state index is 16.3. The molecule has 1 spiro atoms. The van der Waals surface area contributed by atoms with Crippen molar-refractivity contribution in [2.75, 3.05) is 0 Å². The summed E-state index contributed by atoms with van der Waals surface area (Å²) in [6.45, 7) is 49.3. The van der Waals surface area contributed by atoms with E-state index in [4.69, 9.17) is 23.7 Å². The summed E-state index contributed by atoms with van der Waals surface area (Å²) in [6, 6.07) is 0. The fraction of sp³-hybridized carbons (Fsp3) is 0.826. The minimum absolute atomic E-state index is 0.109. The van der Waals surface area contributed by atoms with Crippen LogP contribution in [0.1, 0.15) is 361 Å². The first-order valence-corrected chi connectivity index (χ1v) is 39.4. The summed E-state index contributed by atoms with van der Waals surface area (Å²) in [5.74, 6) is 9.84. The predicted molar refractivity (Wildman–Crippen MR) is 389 cm³/mol. The molecule has 0 saturated carbocycles. The molecule has 5 heterocycles. The monoisotopic (exact) mass is 1270 g/mol. The predicted octanol–water partition coefficient (Wildman–Crippen LogP) is 24.9. The molecule has 1 fully saturated rings. The highest BCUT2D eigenvalue weighted by Gasteiger charge is 2.79. The summed E-state index contributed by atoms with van der Waals surface area (Å²) in [4.78, 5) is 16.3. The van der Waals surface area contributed by atoms with Crippen molar-refractivity contribution in [3.63, 3.8) is 0 Å². The number of fused-ring (bicyclic) bond motifs is 6. The second-order valence-corrected chi connectivity index (χ2v) is 35.6. The fourth-order valence-corrected chi connectivity index (χ4v) is 18.7. The largest absolute Gasteiger partial charge is 0.487 e. The number of ether oxygens (including phenoxy) is 5. The number of rotatable bonds is 36. The average molecular weight is 1270 g/mol. The summed E-state index contributed by atoms with van der Waals surface area (Å²) in [6.07, 6.45) is 41.0. The third-order valence-corrected chi connectivity index (χ3v) is 25.7. The van der Waals surface area contributed by atoms with Gasteiger partial charge in [-0.3, -0.25) is 4.79 Å². The SMILES string of the molecule is CC1=C(C)[C@]23Oc4c(C)c(C)c5c(c4C[C@]2(CC[C@@](C)(CCCC(C)CCCC(C)CCCC(C)C)O3)C2(Cc3c4c(c(C)c(C)c3O2)O[C@](C)(CCCC(C)CCCC(C)CCCC(C)C)CC4)C1=O)CC[C@](C)(CCCC(C)CCCC(C)CCCC(C)C)O5. The minimum Gasteiger partial charge on any atom is -0.487 e. The Kier molecular flexibility index (Phi) is 25.8. The Morgan fingerprint density at radius 2 is 0.663 bits per heavy atom. The van der Waals surface area contributed by atoms with E-state index in [9.17, 15) is 0 Å². The van der Waals surface area contributed by atoms with E-state index in [-0.39, 0.29) is 17.0 Å². The second kappa shape index (κ2) is 31.7. The van der Waals surface area contributed by atoms with Crippen LogP contribution >= 0.6 is 0 Å². The third-order valence-electron chi connectivity index (χ3n) is 25.7. The van der Waals surface area contributed by atoms with Crippen molar-refractivity contribution in [1.82, 2.24) is 0 Å². The van der Waals surface area contributed by atoms with Gasteiger partial charge in [-0.15, -0.1) is 0 Å². The van der Waals surface area contributed by atoms with E-state index in [1.165, 1.54) is 175 Å². The highest BCUT2D eigenvalue weighted by Crippen LogP contribution is 2.70. The third kappa shape index (κ3) is 16.9. The van der Waals surface area contributed by atoms with Crippen LogP contribution in [0, 0.1) is 86.4 Å². The molecule has 7 unspecified atom stereocenters. The molecule has 6 heteroatoms. The van der Waals surface area contributed by atoms with Gasteiger partial charge in [0.15, 0.2) is 5.60 Å². The molecule has 0 N–H and O–H groups in total. The summed E-state index contributed by atoms with van der Waals surface area (Å²) in [5, 5.41) is 0. The summed E-state index contributed by atoms with van der Waals surface area (Å²) in [7, 11) is 0. The molecule has 8 rings (SSSR count). The average Bonchev–Trinajstić information content (AvgIpc) is 1.13. The molecule has 0 bridgehead atoms. The molecule has 5 aliphatic heterocycles. The van der Waals surface area contributed by atoms with E-state index in [2.05, 4.69) is 145 Å². The summed E-state index contributed by atoms with van der Waals surface area (Å²) in [5.41, 5.74) is 8.13. The zero-order chi connectivity index (χ0) is 67.1. The summed E-state index contributed by atoms with van der Waals surface area (Å²) < 4.78 is 39.0. The lowest BCUT2D eigenvalue weighted by molar-refractivity contribution is -0.347. The van der Waals surface area contributed by atoms with Gasteiger partial charge in [0.2, 0.25) is 11.6 Å². The number of hydrogen-bond acceptors (Lipinski definition) is 6. The molecule has 2 aromatic carbocycles. The van der Waals surface area contributed by atoms with Crippen molar-refractivity contribution >= 4 is 5.78 Å². The van der Waals surface area contributed by atoms with Crippen LogP contribution in [0.4, 0.5) is 0 Å². The van der Waals surface area contributed by atoms with Gasteiger partial charge >= 0.3 is 0 Å². The minimum atomic E-state index is -1.24. The van der Waals surface area contributed by atoms with E-state index in [1.54, 1.807) is 0 Å². The molecule has 0 aromatic heterocycles. The van der Waals surface area contributed by atoms with Crippen molar-refractivity contribution in [3.05, 3.63) is 55.7 Å². The maximum absolute atomic E-state index is 16.3. The van der Waals surface area contributed by atoms with Crippen LogP contribution in [0.2, 0.25) is 0 Å². The lowest BCUT2D eigenvalue weighted by atomic mass is 9.49. The Hall–Kier alpha value is -2.99. The molecule has 6 aliphatic rings. The zero-order valence-corrected chi connectivity index (χ0v) is 63.9. The van der Waals surface area contributed by atoms with Gasteiger partial charge in [-0.2, -0.15) is 0 Å². The molecule has 12 atom stereocenters. The van der Waals surface area contributed by atoms with Gasteiger partial charge in [-0.25, -0.2) is 0 Å². The second-order valence-electron chi connectivity index (χ2n) is 35.6. The molecule has 1 aliphatic carbocycles. The molecular weight excluding hydrogens is 1130 g/mol. The quantitative estimate of drug-likeness (QED) is 0.0677. The highest BCUT2D eigenvalue weighted by molar-refractivity contribution is 6.06. The first-order chi connectivity index (χ1) is 43.4. The lowest BCUT2D eigenvalue weighted by Crippen LogP contribution is -2.78. The normalized spacial score (nSPS) is 27.7. The zero-order valence-electron chi connectivity index (χ0n) is 63.9. The van der Waals surface area contributed by atoms with Crippen molar-refractivity contribution in [3.8, 4) is 23.0 Å². The molecular formula is C86H142O6. The molecule has 6 nitrogen and oxygen atoms in total. The van der Waals surface area contributed by atoms with Crippen LogP contribution in [-0.4, -0.2) is 34.0 Å². The Morgan fingerprint density at radius 3 is 1.03 bits per heavy atom. The van der Waals surface area contributed by atoms with Crippen LogP contribution < -0.4 is 18.9 Å². The number of Topliss-reactive ketones (excluding diaryl/α,β-unsaturated/α-hetero) is 1. The molecule has 0 amide bonds. The fourth-order valence-electron chi connectivity index (χ4n) is 18.7. The van der Waals surface area contributed by atoms with Crippen LogP contribution in [-0.2, 0) is 35.2 Å². The molecule has 92 heavy (non-hydrogen) atoms. The van der Waals surface area contributed by atoms with E-state index in [1.807, 2.05) is 0 Å². The molecule has 0 radical (unpaired) electrons. The van der Waals surface area contributed by atoms with Crippen LogP contribution in [0.15, 0.2) is 11.1 Å². The highest BCUT2D eigenvalue weighted by atomic mass is 16.7. The van der Waals surface area contributed by atoms with E-state index >= 15 is 4.79 Å². The van der Waals surface area contributed by atoms with Crippen molar-refractivity contribution < 1.29 is 28.5 Å². The van der Waals surface area contributed by atoms with Gasteiger partial charge < -0.3 is 23.7 Å². The van der Waals surface area contributed by atoms with Gasteiger partial charge in [0.1, 0.15) is 34.2 Å². The number of carbonyl (C=O) groups is 1. The first-order valence-electron chi connectivity index (χ1n) is 39.4. The number of carbonyl (C=O) groups excluding carboxylic acids is 1. The van der Waals surface area contributed by atoms with Gasteiger partial charge in [-0.1, -0.05) is 224 Å². The molecule has 522 valence electrons. The Balaban J connectivity index is 1.05. The first kappa shape index (κ1) is 74.8. The van der Waals surface area contributed by atoms with Crippen molar-refractivity contribution in [2.45, 2.75) is 398 Å². The molecule has 1 saturated heterocycles. The number of hydrogen-bond donors (Lipinski definition) is 0. The van der Waals surface area contributed by atoms with Crippen LogP contribution in [0.25, 0.3) is 0 Å². The van der Waals surface area contributed by atoms with Crippen molar-refractivity contribution in [1.29, 1.82) is 0 Å². The Labute approximate surface area is 566 Å². The van der Waals surface area contributed by atoms with E-state index in [0.29, 0.717) is 18.8 Å². The van der Waals surface area contributed by atoms with Crippen molar-refractivity contribution in [2.24, 2.45) is 58.7 Å². The van der Waals surface area contributed by atoms with Gasteiger partial charge in [0.25, 0.3) is 0 Å². The standard InChI is InChI=1S/C86H142O6/c1-57(2)31-22-34-60(7)37-25-40-63(10)43-28-48-81(19)51-46-72-74-55-84-54-53-83(21,50-30-45-65(12)42-27-39-62(9)36-24-33-59(5)6)92-86(84,91-79(74)69(16)67(14)76(72)88-81)71(18)70(17)80(87)85(84)56-75-73-47-52-82(20,89-77(73)66(13)68(15)78(75)90-85)49-29-44-64(11)41-26-38-61(8)35-23-32-58(3)4/h57-65H,22-56H2,1-21H3/t60?,61?,62?,63?,64?,65?,81-,82+,83+,84+,85?,86+/m0/s1. The lowest BCUT2D eigenvalue weighted by Gasteiger charge is -2.66.